The molecule has 1 aromatic heterocycles. The highest BCUT2D eigenvalue weighted by Gasteiger charge is 2.29. The third-order valence-corrected chi connectivity index (χ3v) is 3.12. The second kappa shape index (κ2) is 4.03. The maximum Gasteiger partial charge on any atom is 0.215 e. The van der Waals surface area contributed by atoms with E-state index in [1.165, 1.54) is 9.80 Å². The number of aromatic amines is 1. The Morgan fingerprint density at radius 1 is 1.06 bits per heavy atom. The van der Waals surface area contributed by atoms with Crippen molar-refractivity contribution in [3.63, 3.8) is 0 Å². The predicted octanol–water partition coefficient (Wildman–Crippen LogP) is 1.57. The van der Waals surface area contributed by atoms with Crippen LogP contribution >= 0.6 is 0 Å². The van der Waals surface area contributed by atoms with Gasteiger partial charge in [-0.3, -0.25) is 19.4 Å². The number of nitrogens with one attached hydrogen (secondary N) is 1. The lowest BCUT2D eigenvalue weighted by Crippen LogP contribution is -2.28. The van der Waals surface area contributed by atoms with E-state index in [9.17, 15) is 9.59 Å². The minimum absolute atomic E-state index is 0.406. The predicted molar refractivity (Wildman–Crippen MR) is 66.0 cm³/mol. The monoisotopic (exact) mass is 241 g/mol. The van der Waals surface area contributed by atoms with Crippen LogP contribution in [0.2, 0.25) is 0 Å². The molecule has 2 aromatic rings. The maximum atomic E-state index is 11.0. The quantitative estimate of drug-likeness (QED) is 0.829. The van der Waals surface area contributed by atoms with Gasteiger partial charge in [0, 0.05) is 35.1 Å². The van der Waals surface area contributed by atoms with Crippen LogP contribution < -0.4 is 0 Å². The smallest absolute Gasteiger partial charge is 0.215 e. The fraction of sp³-hybridized carbons (Fsp3) is 0.0769. The number of hydrogen-bond acceptors (Lipinski definition) is 2. The van der Waals surface area contributed by atoms with Gasteiger partial charge < -0.3 is 4.98 Å². The molecule has 5 nitrogen and oxygen atoms in total. The number of para-hydroxylation sites is 1. The summed E-state index contributed by atoms with van der Waals surface area (Å²) in [6.45, 7) is 0. The molecular formula is C13H11N3O2. The standard InChI is InChI=1S/C13H11N3O2/c17-8-15-5-6-16(9-18)13(15)11-7-14-12-4-2-1-3-10(11)12/h1-9,13-14H. The molecule has 0 atom stereocenters. The molecule has 0 fully saturated rings. The molecule has 5 heteroatoms. The Balaban J connectivity index is 2.12. The van der Waals surface area contributed by atoms with Crippen LogP contribution in [0.25, 0.3) is 10.9 Å². The van der Waals surface area contributed by atoms with Crippen molar-refractivity contribution in [3.05, 3.63) is 48.4 Å². The molecule has 0 unspecified atom stereocenters. The number of amides is 2. The highest BCUT2D eigenvalue weighted by molar-refractivity contribution is 5.84. The Labute approximate surface area is 103 Å². The van der Waals surface area contributed by atoms with Gasteiger partial charge in [-0.25, -0.2) is 0 Å². The first-order chi connectivity index (χ1) is 8.85. The van der Waals surface area contributed by atoms with E-state index in [4.69, 9.17) is 0 Å². The lowest BCUT2D eigenvalue weighted by Gasteiger charge is -2.24. The van der Waals surface area contributed by atoms with Crippen LogP contribution in [0.4, 0.5) is 0 Å². The van der Waals surface area contributed by atoms with Gasteiger partial charge in [0.2, 0.25) is 12.8 Å². The van der Waals surface area contributed by atoms with Gasteiger partial charge in [-0.15, -0.1) is 0 Å². The van der Waals surface area contributed by atoms with Crippen LogP contribution in [0, 0.1) is 0 Å². The summed E-state index contributed by atoms with van der Waals surface area (Å²) in [6, 6.07) is 7.78. The van der Waals surface area contributed by atoms with Gasteiger partial charge in [0.15, 0.2) is 0 Å². The number of aromatic nitrogens is 1. The van der Waals surface area contributed by atoms with E-state index < -0.39 is 6.17 Å². The van der Waals surface area contributed by atoms with Crippen molar-refractivity contribution in [3.8, 4) is 0 Å². The van der Waals surface area contributed by atoms with E-state index in [0.29, 0.717) is 12.8 Å². The summed E-state index contributed by atoms with van der Waals surface area (Å²) in [6.07, 6.45) is 6.03. The summed E-state index contributed by atoms with van der Waals surface area (Å²) in [5.74, 6) is 0. The molecule has 3 rings (SSSR count). The van der Waals surface area contributed by atoms with Crippen molar-refractivity contribution in [2.24, 2.45) is 0 Å². The number of hydrogen-bond donors (Lipinski definition) is 1. The number of fused-ring (bicyclic) bond motifs is 1. The normalized spacial score (nSPS) is 15.6. The van der Waals surface area contributed by atoms with Gasteiger partial charge >= 0.3 is 0 Å². The number of rotatable bonds is 3. The molecule has 1 N–H and O–H groups in total. The fourth-order valence-corrected chi connectivity index (χ4v) is 2.29. The minimum Gasteiger partial charge on any atom is -0.361 e. The van der Waals surface area contributed by atoms with Crippen LogP contribution in [0.15, 0.2) is 42.9 Å². The third kappa shape index (κ3) is 1.41. The molecule has 2 amide bonds. The maximum absolute atomic E-state index is 11.0. The first kappa shape index (κ1) is 10.6. The second-order valence-corrected chi connectivity index (χ2v) is 4.07. The largest absolute Gasteiger partial charge is 0.361 e. The van der Waals surface area contributed by atoms with Gasteiger partial charge in [-0.05, 0) is 6.07 Å². The number of carbonyl (C=O) groups excluding carboxylic acids is 2. The summed E-state index contributed by atoms with van der Waals surface area (Å²) in [7, 11) is 0. The Kier molecular flexibility index (Phi) is 2.37. The van der Waals surface area contributed by atoms with E-state index in [2.05, 4.69) is 4.98 Å². The van der Waals surface area contributed by atoms with Gasteiger partial charge in [0.05, 0.1) is 0 Å². The molecule has 2 heterocycles. The Morgan fingerprint density at radius 2 is 1.72 bits per heavy atom. The number of benzene rings is 1. The lowest BCUT2D eigenvalue weighted by molar-refractivity contribution is -0.123. The number of H-pyrrole nitrogens is 1. The molecule has 1 aliphatic heterocycles. The molecule has 1 aliphatic rings. The van der Waals surface area contributed by atoms with Gasteiger partial charge in [-0.1, -0.05) is 18.2 Å². The SMILES string of the molecule is O=CN1C=CN(C=O)C1c1c[nH]c2ccccc12. The van der Waals surface area contributed by atoms with E-state index in [1.807, 2.05) is 30.5 Å². The molecule has 0 bridgehead atoms. The molecule has 0 saturated carbocycles. The van der Waals surface area contributed by atoms with Gasteiger partial charge in [-0.2, -0.15) is 0 Å². The second-order valence-electron chi connectivity index (χ2n) is 4.07. The van der Waals surface area contributed by atoms with Crippen LogP contribution in [0.3, 0.4) is 0 Å². The summed E-state index contributed by atoms with van der Waals surface area (Å²) in [4.78, 5) is 28.1. The zero-order valence-electron chi connectivity index (χ0n) is 9.48. The zero-order valence-corrected chi connectivity index (χ0v) is 9.48. The summed E-state index contributed by atoms with van der Waals surface area (Å²) >= 11 is 0. The molecule has 18 heavy (non-hydrogen) atoms. The van der Waals surface area contributed by atoms with Crippen molar-refractivity contribution in [2.45, 2.75) is 6.17 Å². The zero-order chi connectivity index (χ0) is 12.5. The first-order valence-electron chi connectivity index (χ1n) is 5.55. The Hall–Kier alpha value is -2.56. The van der Waals surface area contributed by atoms with E-state index in [1.54, 1.807) is 12.4 Å². The van der Waals surface area contributed by atoms with Crippen molar-refractivity contribution in [1.29, 1.82) is 0 Å². The molecule has 0 aliphatic carbocycles. The Morgan fingerprint density at radius 3 is 2.39 bits per heavy atom. The third-order valence-electron chi connectivity index (χ3n) is 3.12. The van der Waals surface area contributed by atoms with E-state index in [0.717, 1.165) is 16.5 Å². The average molecular weight is 241 g/mol. The van der Waals surface area contributed by atoms with Gasteiger partial charge in [0.1, 0.15) is 6.17 Å². The molecular weight excluding hydrogens is 230 g/mol. The van der Waals surface area contributed by atoms with E-state index in [-0.39, 0.29) is 0 Å². The molecule has 90 valence electrons. The van der Waals surface area contributed by atoms with Crippen molar-refractivity contribution in [1.82, 2.24) is 14.8 Å². The van der Waals surface area contributed by atoms with Gasteiger partial charge in [0.25, 0.3) is 0 Å². The van der Waals surface area contributed by atoms with E-state index >= 15 is 0 Å². The lowest BCUT2D eigenvalue weighted by atomic mass is 10.1. The van der Waals surface area contributed by atoms with Crippen molar-refractivity contribution in [2.75, 3.05) is 0 Å². The van der Waals surface area contributed by atoms with Crippen LogP contribution in [0.5, 0.6) is 0 Å². The first-order valence-corrected chi connectivity index (χ1v) is 5.55. The summed E-state index contributed by atoms with van der Waals surface area (Å²) < 4.78 is 0. The average Bonchev–Trinajstić information content (AvgIpc) is 3.01. The van der Waals surface area contributed by atoms with Crippen molar-refractivity contribution >= 4 is 23.7 Å². The van der Waals surface area contributed by atoms with Crippen LogP contribution in [-0.4, -0.2) is 27.6 Å². The molecule has 1 aromatic carbocycles. The summed E-state index contributed by atoms with van der Waals surface area (Å²) in [5, 5.41) is 1.00. The van der Waals surface area contributed by atoms with Crippen molar-refractivity contribution < 1.29 is 9.59 Å². The Bertz CT molecular complexity index is 614. The highest BCUT2D eigenvalue weighted by Crippen LogP contribution is 2.33. The van der Waals surface area contributed by atoms with Crippen LogP contribution in [0.1, 0.15) is 11.7 Å². The topological polar surface area (TPSA) is 56.4 Å². The molecule has 0 radical (unpaired) electrons. The summed E-state index contributed by atoms with van der Waals surface area (Å²) in [5.41, 5.74) is 1.88. The molecule has 0 spiro atoms. The number of nitrogens with zero attached hydrogens (tertiary/aromatic N) is 2. The number of carbonyl (C=O) groups is 2. The fourth-order valence-electron chi connectivity index (χ4n) is 2.29. The highest BCUT2D eigenvalue weighted by atomic mass is 16.1. The minimum atomic E-state index is -0.406. The van der Waals surface area contributed by atoms with Crippen LogP contribution in [-0.2, 0) is 9.59 Å². The molecule has 0 saturated heterocycles.